The summed E-state index contributed by atoms with van der Waals surface area (Å²) >= 11 is 0. The van der Waals surface area contributed by atoms with Crippen LogP contribution < -0.4 is 4.74 Å². The van der Waals surface area contributed by atoms with E-state index in [1.165, 1.54) is 0 Å². The van der Waals surface area contributed by atoms with Gasteiger partial charge in [0.15, 0.2) is 5.65 Å². The number of rotatable bonds is 8. The zero-order valence-corrected chi connectivity index (χ0v) is 24.0. The first-order valence-electron chi connectivity index (χ1n) is 13.5. The molecule has 1 fully saturated rings. The Bertz CT molecular complexity index is 1600. The molecule has 38 heavy (non-hydrogen) atoms. The van der Waals surface area contributed by atoms with E-state index in [0.717, 1.165) is 82.5 Å². The fourth-order valence-corrected chi connectivity index (χ4v) is 6.26. The van der Waals surface area contributed by atoms with Crippen LogP contribution in [-0.2, 0) is 23.3 Å². The SMILES string of the molecule is COc1ccc2c(c1)c(-c1cc3c(ncc4cnc(C5CCCOC5)n43)n1COCC[Si](C)(C)C)cn2C. The fourth-order valence-electron chi connectivity index (χ4n) is 5.51. The second kappa shape index (κ2) is 9.87. The van der Waals surface area contributed by atoms with Gasteiger partial charge in [-0.05, 0) is 43.2 Å². The Morgan fingerprint density at radius 1 is 1.11 bits per heavy atom. The summed E-state index contributed by atoms with van der Waals surface area (Å²) in [5, 5.41) is 1.14. The highest BCUT2D eigenvalue weighted by atomic mass is 28.3. The molecule has 5 aromatic rings. The van der Waals surface area contributed by atoms with E-state index < -0.39 is 8.07 Å². The van der Waals surface area contributed by atoms with E-state index in [0.29, 0.717) is 13.3 Å². The van der Waals surface area contributed by atoms with Crippen molar-refractivity contribution >= 4 is 35.7 Å². The number of aryl methyl sites for hydroxylation is 1. The maximum atomic E-state index is 6.31. The zero-order valence-electron chi connectivity index (χ0n) is 23.0. The first-order valence-corrected chi connectivity index (χ1v) is 17.2. The van der Waals surface area contributed by atoms with Crippen molar-refractivity contribution in [2.75, 3.05) is 26.9 Å². The van der Waals surface area contributed by atoms with Crippen molar-refractivity contribution in [2.45, 2.75) is 51.2 Å². The van der Waals surface area contributed by atoms with Gasteiger partial charge in [0.25, 0.3) is 0 Å². The molecule has 9 heteroatoms. The van der Waals surface area contributed by atoms with E-state index in [4.69, 9.17) is 24.2 Å². The van der Waals surface area contributed by atoms with Gasteiger partial charge in [0.2, 0.25) is 0 Å². The van der Waals surface area contributed by atoms with Crippen LogP contribution in [0.4, 0.5) is 0 Å². The molecule has 0 amide bonds. The molecule has 8 nitrogen and oxygen atoms in total. The van der Waals surface area contributed by atoms with Crippen molar-refractivity contribution < 1.29 is 14.2 Å². The van der Waals surface area contributed by atoms with Crippen molar-refractivity contribution in [1.82, 2.24) is 23.5 Å². The average Bonchev–Trinajstić information content (AvgIpc) is 3.59. The first-order chi connectivity index (χ1) is 18.3. The minimum absolute atomic E-state index is 0.276. The molecular weight excluding hydrogens is 494 g/mol. The van der Waals surface area contributed by atoms with Gasteiger partial charge in [-0.1, -0.05) is 19.6 Å². The third kappa shape index (κ3) is 4.52. The molecule has 0 saturated carbocycles. The minimum Gasteiger partial charge on any atom is -0.497 e. The van der Waals surface area contributed by atoms with Crippen LogP contribution >= 0.6 is 0 Å². The average molecular weight is 532 g/mol. The molecule has 0 radical (unpaired) electrons. The highest BCUT2D eigenvalue weighted by Gasteiger charge is 2.24. The van der Waals surface area contributed by atoms with E-state index in [2.05, 4.69) is 64.6 Å². The quantitative estimate of drug-likeness (QED) is 0.180. The van der Waals surface area contributed by atoms with Gasteiger partial charge < -0.3 is 18.8 Å². The van der Waals surface area contributed by atoms with E-state index in [1.54, 1.807) is 7.11 Å². The minimum atomic E-state index is -1.20. The second-order valence-corrected chi connectivity index (χ2v) is 17.2. The van der Waals surface area contributed by atoms with Crippen LogP contribution in [0.5, 0.6) is 5.75 Å². The first kappa shape index (κ1) is 25.2. The predicted molar refractivity (Wildman–Crippen MR) is 154 cm³/mol. The summed E-state index contributed by atoms with van der Waals surface area (Å²) in [6, 6.07) is 9.61. The molecule has 0 bridgehead atoms. The number of hydrogen-bond donors (Lipinski definition) is 0. The maximum absolute atomic E-state index is 6.31. The molecule has 1 unspecified atom stereocenters. The summed E-state index contributed by atoms with van der Waals surface area (Å²) in [6.07, 6.45) is 8.19. The van der Waals surface area contributed by atoms with Crippen LogP contribution in [0.15, 0.2) is 42.9 Å². The van der Waals surface area contributed by atoms with Crippen LogP contribution in [0.2, 0.25) is 25.7 Å². The number of imidazole rings is 1. The molecule has 200 valence electrons. The molecule has 0 spiro atoms. The van der Waals surface area contributed by atoms with Gasteiger partial charge in [-0.25, -0.2) is 9.97 Å². The third-order valence-electron chi connectivity index (χ3n) is 7.64. The lowest BCUT2D eigenvalue weighted by Crippen LogP contribution is -2.22. The van der Waals surface area contributed by atoms with Gasteiger partial charge in [0.05, 0.1) is 42.8 Å². The monoisotopic (exact) mass is 531 g/mol. The lowest BCUT2D eigenvalue weighted by atomic mass is 10.0. The Kier molecular flexibility index (Phi) is 6.53. The molecule has 1 aliphatic heterocycles. The summed E-state index contributed by atoms with van der Waals surface area (Å²) in [5.74, 6) is 2.17. The fraction of sp³-hybridized carbons (Fsp3) is 0.448. The lowest BCUT2D eigenvalue weighted by molar-refractivity contribution is 0.0780. The Labute approximate surface area is 224 Å². The zero-order chi connectivity index (χ0) is 26.4. The van der Waals surface area contributed by atoms with E-state index >= 15 is 0 Å². The number of aromatic nitrogens is 5. The Morgan fingerprint density at radius 3 is 2.71 bits per heavy atom. The molecule has 1 aliphatic rings. The molecule has 4 aromatic heterocycles. The molecule has 0 aliphatic carbocycles. The number of methoxy groups -OCH3 is 1. The van der Waals surface area contributed by atoms with Gasteiger partial charge in [0.1, 0.15) is 18.3 Å². The molecule has 1 atom stereocenters. The summed E-state index contributed by atoms with van der Waals surface area (Å²) in [6.45, 7) is 9.86. The molecule has 1 saturated heterocycles. The third-order valence-corrected chi connectivity index (χ3v) is 9.34. The molecule has 1 aromatic carbocycles. The van der Waals surface area contributed by atoms with Crippen molar-refractivity contribution in [3.05, 3.63) is 48.7 Å². The van der Waals surface area contributed by atoms with Crippen LogP contribution in [0.25, 0.3) is 38.8 Å². The summed E-state index contributed by atoms with van der Waals surface area (Å²) in [4.78, 5) is 9.78. The predicted octanol–water partition coefficient (Wildman–Crippen LogP) is 6.06. The Balaban J connectivity index is 1.53. The topological polar surface area (TPSA) is 67.7 Å². The van der Waals surface area contributed by atoms with Crippen LogP contribution in [0, 0.1) is 0 Å². The number of nitrogens with zero attached hydrogens (tertiary/aromatic N) is 5. The number of ether oxygens (including phenoxy) is 3. The van der Waals surface area contributed by atoms with Crippen molar-refractivity contribution in [3.8, 4) is 17.0 Å². The van der Waals surface area contributed by atoms with Gasteiger partial charge in [0, 0.05) is 56.9 Å². The van der Waals surface area contributed by atoms with E-state index in [1.807, 2.05) is 18.5 Å². The normalized spacial score (nSPS) is 16.7. The standard InChI is InChI=1S/C29H37N5O3Si/c1-32-17-24(23-13-22(35-2)8-9-25(23)32)26-14-27-29(33(26)19-37-11-12-38(3,4)5)31-16-21-15-30-28(34(21)27)20-7-6-10-36-18-20/h8-9,13-17,20H,6-7,10-12,18-19H2,1-5H3. The van der Waals surface area contributed by atoms with Crippen LogP contribution in [-0.4, -0.2) is 58.5 Å². The molecule has 0 N–H and O–H groups in total. The van der Waals surface area contributed by atoms with Gasteiger partial charge in [-0.3, -0.25) is 8.97 Å². The molecular formula is C29H37N5O3Si. The molecule has 5 heterocycles. The second-order valence-electron chi connectivity index (χ2n) is 11.6. The number of fused-ring (bicyclic) bond motifs is 4. The Morgan fingerprint density at radius 2 is 1.95 bits per heavy atom. The number of hydrogen-bond acceptors (Lipinski definition) is 5. The summed E-state index contributed by atoms with van der Waals surface area (Å²) in [5.41, 5.74) is 6.30. The van der Waals surface area contributed by atoms with Gasteiger partial charge >= 0.3 is 0 Å². The lowest BCUT2D eigenvalue weighted by Gasteiger charge is -2.21. The highest BCUT2D eigenvalue weighted by molar-refractivity contribution is 6.76. The van der Waals surface area contributed by atoms with E-state index in [9.17, 15) is 0 Å². The summed E-state index contributed by atoms with van der Waals surface area (Å²) in [7, 11) is 2.60. The summed E-state index contributed by atoms with van der Waals surface area (Å²) < 4.78 is 24.4. The van der Waals surface area contributed by atoms with Gasteiger partial charge in [-0.2, -0.15) is 0 Å². The van der Waals surface area contributed by atoms with Crippen molar-refractivity contribution in [1.29, 1.82) is 0 Å². The molecule has 6 rings (SSSR count). The van der Waals surface area contributed by atoms with Crippen molar-refractivity contribution in [3.63, 3.8) is 0 Å². The maximum Gasteiger partial charge on any atom is 0.159 e. The van der Waals surface area contributed by atoms with E-state index in [-0.39, 0.29) is 5.92 Å². The largest absolute Gasteiger partial charge is 0.497 e. The van der Waals surface area contributed by atoms with Crippen LogP contribution in [0.3, 0.4) is 0 Å². The van der Waals surface area contributed by atoms with Gasteiger partial charge in [-0.15, -0.1) is 0 Å². The number of benzene rings is 1. The smallest absolute Gasteiger partial charge is 0.159 e. The van der Waals surface area contributed by atoms with Crippen molar-refractivity contribution in [2.24, 2.45) is 7.05 Å². The Hall–Kier alpha value is -3.14. The highest BCUT2D eigenvalue weighted by Crippen LogP contribution is 2.37. The van der Waals surface area contributed by atoms with Crippen LogP contribution in [0.1, 0.15) is 24.6 Å².